The van der Waals surface area contributed by atoms with Crippen LogP contribution in [-0.4, -0.2) is 51.1 Å². The lowest BCUT2D eigenvalue weighted by Gasteiger charge is -2.42. The summed E-state index contributed by atoms with van der Waals surface area (Å²) < 4.78 is 2.05. The number of fused-ring (bicyclic) bond motifs is 1. The van der Waals surface area contributed by atoms with Crippen molar-refractivity contribution in [3.63, 3.8) is 0 Å². The van der Waals surface area contributed by atoms with Crippen molar-refractivity contribution in [1.29, 1.82) is 0 Å². The molecule has 2 fully saturated rings. The van der Waals surface area contributed by atoms with E-state index in [-0.39, 0.29) is 6.10 Å². The Bertz CT molecular complexity index is 550. The molecule has 0 spiro atoms. The van der Waals surface area contributed by atoms with Crippen LogP contribution in [0.2, 0.25) is 0 Å². The van der Waals surface area contributed by atoms with Gasteiger partial charge in [0.25, 0.3) is 0 Å². The number of nitrogens with zero attached hydrogens (tertiary/aromatic N) is 3. The topological polar surface area (TPSA) is 53.3 Å². The summed E-state index contributed by atoms with van der Waals surface area (Å²) in [5, 5.41) is 18.7. The third-order valence-corrected chi connectivity index (χ3v) is 6.51. The first-order valence-corrected chi connectivity index (χ1v) is 9.91. The highest BCUT2D eigenvalue weighted by Crippen LogP contribution is 2.31. The average Bonchev–Trinajstić information content (AvgIpc) is 2.99. The molecule has 4 rings (SSSR count). The Morgan fingerprint density at radius 2 is 1.88 bits per heavy atom. The fraction of sp³-hybridized carbons (Fsp3) is 0.842. The lowest BCUT2D eigenvalue weighted by Crippen LogP contribution is -2.52. The average molecular weight is 332 g/mol. The van der Waals surface area contributed by atoms with Gasteiger partial charge in [0.2, 0.25) is 0 Å². The van der Waals surface area contributed by atoms with Crippen LogP contribution in [0.1, 0.15) is 68.7 Å². The van der Waals surface area contributed by atoms with E-state index in [0.29, 0.717) is 18.1 Å². The summed E-state index contributed by atoms with van der Waals surface area (Å²) in [7, 11) is 2.06. The zero-order valence-corrected chi connectivity index (χ0v) is 15.0. The number of nitrogens with one attached hydrogen (secondary N) is 1. The standard InChI is InChI=1S/C19H32N4O/c1-22-17-7-4-5-16(15(17)13-20-22)21-14-9-11-23(12-10-14)18-6-2-3-8-19(18)24/h13-14,16,18-19,21,24H,2-12H2,1H3. The van der Waals surface area contributed by atoms with Gasteiger partial charge in [0, 0.05) is 49.5 Å². The van der Waals surface area contributed by atoms with Crippen LogP contribution < -0.4 is 5.32 Å². The molecule has 0 aromatic carbocycles. The molecule has 1 aromatic heterocycles. The van der Waals surface area contributed by atoms with E-state index in [2.05, 4.69) is 33.2 Å². The molecule has 5 heteroatoms. The van der Waals surface area contributed by atoms with Crippen molar-refractivity contribution in [1.82, 2.24) is 20.0 Å². The lowest BCUT2D eigenvalue weighted by atomic mass is 9.88. The number of aliphatic hydroxyl groups excluding tert-OH is 1. The monoisotopic (exact) mass is 332 g/mol. The van der Waals surface area contributed by atoms with Crippen LogP contribution in [-0.2, 0) is 13.5 Å². The van der Waals surface area contributed by atoms with Gasteiger partial charge in [-0.3, -0.25) is 9.58 Å². The summed E-state index contributed by atoms with van der Waals surface area (Å²) in [6, 6.07) is 1.51. The molecule has 3 aliphatic rings. The summed E-state index contributed by atoms with van der Waals surface area (Å²) in [4.78, 5) is 2.55. The molecule has 2 N–H and O–H groups in total. The number of aliphatic hydroxyl groups is 1. The molecule has 2 heterocycles. The molecule has 2 aliphatic carbocycles. The van der Waals surface area contributed by atoms with Gasteiger partial charge < -0.3 is 10.4 Å². The van der Waals surface area contributed by atoms with Gasteiger partial charge in [0.15, 0.2) is 0 Å². The lowest BCUT2D eigenvalue weighted by molar-refractivity contribution is 0.00648. The molecular weight excluding hydrogens is 300 g/mol. The maximum atomic E-state index is 10.3. The second kappa shape index (κ2) is 7.14. The van der Waals surface area contributed by atoms with Gasteiger partial charge in [-0.1, -0.05) is 12.8 Å². The fourth-order valence-electron chi connectivity index (χ4n) is 5.08. The van der Waals surface area contributed by atoms with Crippen molar-refractivity contribution in [2.75, 3.05) is 13.1 Å². The van der Waals surface area contributed by atoms with Crippen LogP contribution in [0, 0.1) is 0 Å². The first kappa shape index (κ1) is 16.6. The summed E-state index contributed by atoms with van der Waals surface area (Å²) in [6.07, 6.45) is 12.7. The van der Waals surface area contributed by atoms with E-state index in [9.17, 15) is 5.11 Å². The van der Waals surface area contributed by atoms with Crippen LogP contribution in [0.4, 0.5) is 0 Å². The van der Waals surface area contributed by atoms with Crippen molar-refractivity contribution in [3.8, 4) is 0 Å². The molecule has 1 aromatic rings. The number of hydrogen-bond acceptors (Lipinski definition) is 4. The Morgan fingerprint density at radius 3 is 2.67 bits per heavy atom. The number of hydrogen-bond donors (Lipinski definition) is 2. The zero-order valence-electron chi connectivity index (χ0n) is 15.0. The molecular formula is C19H32N4O. The first-order chi connectivity index (χ1) is 11.7. The molecule has 3 unspecified atom stereocenters. The molecule has 3 atom stereocenters. The summed E-state index contributed by atoms with van der Waals surface area (Å²) in [6.45, 7) is 2.26. The summed E-state index contributed by atoms with van der Waals surface area (Å²) >= 11 is 0. The van der Waals surface area contributed by atoms with Crippen LogP contribution in [0.5, 0.6) is 0 Å². The van der Waals surface area contributed by atoms with Gasteiger partial charge in [-0.2, -0.15) is 5.10 Å². The van der Waals surface area contributed by atoms with Crippen molar-refractivity contribution in [2.24, 2.45) is 7.05 Å². The summed E-state index contributed by atoms with van der Waals surface area (Å²) in [5.74, 6) is 0. The number of aryl methyl sites for hydroxylation is 1. The van der Waals surface area contributed by atoms with E-state index in [4.69, 9.17) is 0 Å². The highest BCUT2D eigenvalue weighted by Gasteiger charge is 2.32. The van der Waals surface area contributed by atoms with E-state index in [1.54, 1.807) is 0 Å². The zero-order chi connectivity index (χ0) is 16.5. The predicted molar refractivity (Wildman–Crippen MR) is 94.9 cm³/mol. The minimum atomic E-state index is -0.0976. The maximum Gasteiger partial charge on any atom is 0.0695 e. The van der Waals surface area contributed by atoms with Gasteiger partial charge in [0.1, 0.15) is 0 Å². The van der Waals surface area contributed by atoms with Crippen molar-refractivity contribution in [3.05, 3.63) is 17.5 Å². The Labute approximate surface area is 145 Å². The van der Waals surface area contributed by atoms with Crippen LogP contribution >= 0.6 is 0 Å². The Kier molecular flexibility index (Phi) is 4.93. The SMILES string of the molecule is Cn1ncc2c1CCCC2NC1CCN(C2CCCCC2O)CC1. The van der Waals surface area contributed by atoms with Crippen molar-refractivity contribution in [2.45, 2.75) is 82.0 Å². The number of rotatable bonds is 3. The van der Waals surface area contributed by atoms with Gasteiger partial charge >= 0.3 is 0 Å². The summed E-state index contributed by atoms with van der Waals surface area (Å²) in [5.41, 5.74) is 2.84. The molecule has 1 saturated carbocycles. The second-order valence-corrected chi connectivity index (χ2v) is 8.01. The van der Waals surface area contributed by atoms with Crippen LogP contribution in [0.25, 0.3) is 0 Å². The Balaban J connectivity index is 1.32. The minimum Gasteiger partial charge on any atom is -0.391 e. The van der Waals surface area contributed by atoms with E-state index in [1.165, 1.54) is 62.6 Å². The van der Waals surface area contributed by atoms with Gasteiger partial charge in [0.05, 0.1) is 12.3 Å². The number of aromatic nitrogens is 2. The van der Waals surface area contributed by atoms with Crippen molar-refractivity contribution < 1.29 is 5.11 Å². The van der Waals surface area contributed by atoms with E-state index < -0.39 is 0 Å². The third-order valence-electron chi connectivity index (χ3n) is 6.51. The van der Waals surface area contributed by atoms with Crippen molar-refractivity contribution >= 4 is 0 Å². The normalized spacial score (nSPS) is 32.7. The third kappa shape index (κ3) is 3.26. The molecule has 5 nitrogen and oxygen atoms in total. The smallest absolute Gasteiger partial charge is 0.0695 e. The molecule has 1 saturated heterocycles. The minimum absolute atomic E-state index is 0.0976. The Hall–Kier alpha value is -0.910. The first-order valence-electron chi connectivity index (χ1n) is 9.91. The Morgan fingerprint density at radius 1 is 1.08 bits per heavy atom. The van der Waals surface area contributed by atoms with Gasteiger partial charge in [-0.25, -0.2) is 0 Å². The maximum absolute atomic E-state index is 10.3. The molecule has 0 bridgehead atoms. The largest absolute Gasteiger partial charge is 0.391 e. The fourth-order valence-corrected chi connectivity index (χ4v) is 5.08. The molecule has 0 amide bonds. The van der Waals surface area contributed by atoms with E-state index in [1.807, 2.05) is 0 Å². The number of piperidine rings is 1. The van der Waals surface area contributed by atoms with E-state index >= 15 is 0 Å². The van der Waals surface area contributed by atoms with E-state index in [0.717, 1.165) is 19.5 Å². The van der Waals surface area contributed by atoms with Crippen LogP contribution in [0.15, 0.2) is 6.20 Å². The second-order valence-electron chi connectivity index (χ2n) is 8.01. The van der Waals surface area contributed by atoms with Gasteiger partial charge in [-0.05, 0) is 44.9 Å². The molecule has 1 aliphatic heterocycles. The van der Waals surface area contributed by atoms with Crippen LogP contribution in [0.3, 0.4) is 0 Å². The molecule has 134 valence electrons. The highest BCUT2D eigenvalue weighted by atomic mass is 16.3. The predicted octanol–water partition coefficient (Wildman–Crippen LogP) is 2.16. The molecule has 24 heavy (non-hydrogen) atoms. The van der Waals surface area contributed by atoms with Gasteiger partial charge in [-0.15, -0.1) is 0 Å². The molecule has 0 radical (unpaired) electrons. The highest BCUT2D eigenvalue weighted by molar-refractivity contribution is 5.24. The quantitative estimate of drug-likeness (QED) is 0.891. The number of likely N-dealkylation sites (tertiary alicyclic amines) is 1.